The van der Waals surface area contributed by atoms with Crippen LogP contribution in [-0.2, 0) is 6.42 Å². The first kappa shape index (κ1) is 16.8. The van der Waals surface area contributed by atoms with Crippen LogP contribution in [0.25, 0.3) is 16.9 Å². The van der Waals surface area contributed by atoms with Crippen molar-refractivity contribution in [1.29, 1.82) is 0 Å². The molecule has 0 aliphatic heterocycles. The summed E-state index contributed by atoms with van der Waals surface area (Å²) in [5.74, 6) is -0.217. The lowest BCUT2D eigenvalue weighted by Gasteiger charge is -2.07. The molecule has 134 valence electrons. The number of aromatic nitrogens is 3. The Morgan fingerprint density at radius 3 is 2.48 bits per heavy atom. The second-order valence-electron chi connectivity index (χ2n) is 6.01. The highest BCUT2D eigenvalue weighted by Gasteiger charge is 2.16. The SMILES string of the molecule is O=C(NCCc1cocn1)c1cc(-c2ccccc2)n(-c2ccccc2)n1. The van der Waals surface area contributed by atoms with Gasteiger partial charge < -0.3 is 9.73 Å². The van der Waals surface area contributed by atoms with Crippen molar-refractivity contribution in [2.45, 2.75) is 6.42 Å². The number of amides is 1. The minimum Gasteiger partial charge on any atom is -0.451 e. The molecule has 2 aromatic heterocycles. The van der Waals surface area contributed by atoms with Crippen LogP contribution in [-0.4, -0.2) is 27.2 Å². The van der Waals surface area contributed by atoms with Gasteiger partial charge in [-0.15, -0.1) is 0 Å². The van der Waals surface area contributed by atoms with E-state index in [2.05, 4.69) is 15.4 Å². The smallest absolute Gasteiger partial charge is 0.271 e. The summed E-state index contributed by atoms with van der Waals surface area (Å²) in [6.45, 7) is 0.463. The van der Waals surface area contributed by atoms with Crippen molar-refractivity contribution in [3.05, 3.63) is 90.8 Å². The van der Waals surface area contributed by atoms with E-state index >= 15 is 0 Å². The van der Waals surface area contributed by atoms with Crippen LogP contribution in [0, 0.1) is 0 Å². The van der Waals surface area contributed by atoms with Crippen molar-refractivity contribution >= 4 is 5.91 Å². The van der Waals surface area contributed by atoms with Crippen molar-refractivity contribution in [2.24, 2.45) is 0 Å². The number of rotatable bonds is 6. The fourth-order valence-electron chi connectivity index (χ4n) is 2.83. The van der Waals surface area contributed by atoms with Crippen molar-refractivity contribution in [1.82, 2.24) is 20.1 Å². The summed E-state index contributed by atoms with van der Waals surface area (Å²) >= 11 is 0. The first-order valence-electron chi connectivity index (χ1n) is 8.67. The van der Waals surface area contributed by atoms with E-state index in [0.717, 1.165) is 22.6 Å². The second kappa shape index (κ2) is 7.70. The molecule has 0 saturated carbocycles. The van der Waals surface area contributed by atoms with Crippen molar-refractivity contribution < 1.29 is 9.21 Å². The average molecular weight is 358 g/mol. The quantitative estimate of drug-likeness (QED) is 0.572. The number of para-hydroxylation sites is 1. The molecule has 4 aromatic rings. The van der Waals surface area contributed by atoms with Crippen LogP contribution in [0.3, 0.4) is 0 Å². The Kier molecular flexibility index (Phi) is 4.78. The topological polar surface area (TPSA) is 73.0 Å². The Bertz CT molecular complexity index is 952. The van der Waals surface area contributed by atoms with Crippen molar-refractivity contribution in [2.75, 3.05) is 6.54 Å². The van der Waals surface area contributed by atoms with Crippen LogP contribution in [0.4, 0.5) is 0 Å². The van der Waals surface area contributed by atoms with Gasteiger partial charge in [0.05, 0.1) is 17.1 Å². The molecule has 2 heterocycles. The maximum atomic E-state index is 12.6. The van der Waals surface area contributed by atoms with E-state index in [0.29, 0.717) is 18.7 Å². The Morgan fingerprint density at radius 1 is 1.04 bits per heavy atom. The first-order valence-corrected chi connectivity index (χ1v) is 8.67. The van der Waals surface area contributed by atoms with Crippen LogP contribution >= 0.6 is 0 Å². The summed E-state index contributed by atoms with van der Waals surface area (Å²) in [5, 5.41) is 7.43. The van der Waals surface area contributed by atoms with E-state index in [1.807, 2.05) is 66.7 Å². The van der Waals surface area contributed by atoms with Crippen LogP contribution in [0.5, 0.6) is 0 Å². The second-order valence-corrected chi connectivity index (χ2v) is 6.01. The number of oxazole rings is 1. The fraction of sp³-hybridized carbons (Fsp3) is 0.0952. The van der Waals surface area contributed by atoms with E-state index in [9.17, 15) is 4.79 Å². The normalized spacial score (nSPS) is 10.7. The molecular weight excluding hydrogens is 340 g/mol. The minimum atomic E-state index is -0.217. The third-order valence-electron chi connectivity index (χ3n) is 4.16. The van der Waals surface area contributed by atoms with E-state index in [-0.39, 0.29) is 5.91 Å². The van der Waals surface area contributed by atoms with Gasteiger partial charge in [0.25, 0.3) is 5.91 Å². The summed E-state index contributed by atoms with van der Waals surface area (Å²) in [5.41, 5.74) is 3.94. The molecule has 0 saturated heterocycles. The predicted molar refractivity (Wildman–Crippen MR) is 102 cm³/mol. The van der Waals surface area contributed by atoms with Gasteiger partial charge in [0.2, 0.25) is 0 Å². The Morgan fingerprint density at radius 2 is 1.78 bits per heavy atom. The van der Waals surface area contributed by atoms with E-state index in [1.54, 1.807) is 10.9 Å². The Balaban J connectivity index is 1.60. The van der Waals surface area contributed by atoms with E-state index in [4.69, 9.17) is 4.42 Å². The molecule has 4 rings (SSSR count). The van der Waals surface area contributed by atoms with Crippen LogP contribution < -0.4 is 5.32 Å². The summed E-state index contributed by atoms with van der Waals surface area (Å²) in [6, 6.07) is 21.5. The maximum absolute atomic E-state index is 12.6. The summed E-state index contributed by atoms with van der Waals surface area (Å²) in [4.78, 5) is 16.6. The first-order chi connectivity index (χ1) is 13.3. The molecule has 27 heavy (non-hydrogen) atoms. The van der Waals surface area contributed by atoms with Gasteiger partial charge in [0.1, 0.15) is 6.26 Å². The summed E-state index contributed by atoms with van der Waals surface area (Å²) in [6.07, 6.45) is 3.56. The predicted octanol–water partition coefficient (Wildman–Crippen LogP) is 3.50. The van der Waals surface area contributed by atoms with E-state index in [1.165, 1.54) is 6.39 Å². The molecule has 0 aliphatic carbocycles. The molecule has 1 amide bonds. The van der Waals surface area contributed by atoms with Crippen LogP contribution in [0.15, 0.2) is 83.8 Å². The molecule has 6 nitrogen and oxygen atoms in total. The van der Waals surface area contributed by atoms with Crippen molar-refractivity contribution in [3.63, 3.8) is 0 Å². The maximum Gasteiger partial charge on any atom is 0.271 e. The number of nitrogens with one attached hydrogen (secondary N) is 1. The zero-order chi connectivity index (χ0) is 18.5. The van der Waals surface area contributed by atoms with E-state index < -0.39 is 0 Å². The zero-order valence-electron chi connectivity index (χ0n) is 14.6. The van der Waals surface area contributed by atoms with Crippen molar-refractivity contribution in [3.8, 4) is 16.9 Å². The standard InChI is InChI=1S/C21H18N4O2/c26-21(22-12-11-17-14-27-15-23-17)19-13-20(16-7-3-1-4-8-16)25(24-19)18-9-5-2-6-10-18/h1-10,13-15H,11-12H2,(H,22,26). The highest BCUT2D eigenvalue weighted by atomic mass is 16.3. The monoisotopic (exact) mass is 358 g/mol. The number of nitrogens with zero attached hydrogens (tertiary/aromatic N) is 3. The Hall–Kier alpha value is -3.67. The van der Waals surface area contributed by atoms with Gasteiger partial charge in [0, 0.05) is 18.5 Å². The summed E-state index contributed by atoms with van der Waals surface area (Å²) in [7, 11) is 0. The number of hydrogen-bond donors (Lipinski definition) is 1. The third-order valence-corrected chi connectivity index (χ3v) is 4.16. The van der Waals surface area contributed by atoms with Gasteiger partial charge >= 0.3 is 0 Å². The molecule has 2 aromatic carbocycles. The molecule has 0 radical (unpaired) electrons. The largest absolute Gasteiger partial charge is 0.451 e. The third kappa shape index (κ3) is 3.79. The highest BCUT2D eigenvalue weighted by Crippen LogP contribution is 2.23. The average Bonchev–Trinajstić information content (AvgIpc) is 3.39. The fourth-order valence-corrected chi connectivity index (χ4v) is 2.83. The number of carbonyl (C=O) groups excluding carboxylic acids is 1. The number of carbonyl (C=O) groups is 1. The molecule has 0 bridgehead atoms. The molecule has 1 N–H and O–H groups in total. The lowest BCUT2D eigenvalue weighted by molar-refractivity contribution is 0.0948. The van der Waals surface area contributed by atoms with Crippen LogP contribution in [0.1, 0.15) is 16.2 Å². The number of benzene rings is 2. The van der Waals surface area contributed by atoms with Gasteiger partial charge in [-0.2, -0.15) is 5.10 Å². The molecule has 0 aliphatic rings. The van der Waals surface area contributed by atoms with Gasteiger partial charge in [-0.1, -0.05) is 48.5 Å². The lowest BCUT2D eigenvalue weighted by Crippen LogP contribution is -2.26. The lowest BCUT2D eigenvalue weighted by atomic mass is 10.1. The molecule has 0 spiro atoms. The van der Waals surface area contributed by atoms with Gasteiger partial charge in [0.15, 0.2) is 12.1 Å². The molecule has 6 heteroatoms. The summed E-state index contributed by atoms with van der Waals surface area (Å²) < 4.78 is 6.73. The zero-order valence-corrected chi connectivity index (χ0v) is 14.6. The Labute approximate surface area is 156 Å². The molecule has 0 fully saturated rings. The minimum absolute atomic E-state index is 0.217. The van der Waals surface area contributed by atoms with Gasteiger partial charge in [-0.3, -0.25) is 4.79 Å². The number of hydrogen-bond acceptors (Lipinski definition) is 4. The molecule has 0 unspecified atom stereocenters. The van der Waals surface area contributed by atoms with Gasteiger partial charge in [-0.25, -0.2) is 9.67 Å². The van der Waals surface area contributed by atoms with Crippen LogP contribution in [0.2, 0.25) is 0 Å². The highest BCUT2D eigenvalue weighted by molar-refractivity contribution is 5.93. The molecule has 0 atom stereocenters. The van der Waals surface area contributed by atoms with Gasteiger partial charge in [-0.05, 0) is 18.2 Å². The molecular formula is C21H18N4O2.